The molecule has 120 valence electrons. The van der Waals surface area contributed by atoms with Gasteiger partial charge >= 0.3 is 0 Å². The van der Waals surface area contributed by atoms with Crippen molar-refractivity contribution >= 4 is 17.7 Å². The third-order valence-corrected chi connectivity index (χ3v) is 3.79. The van der Waals surface area contributed by atoms with E-state index in [1.54, 1.807) is 14.0 Å². The molecule has 1 aliphatic heterocycles. The molecule has 1 saturated heterocycles. The first-order valence-electron chi connectivity index (χ1n) is 7.07. The van der Waals surface area contributed by atoms with Crippen molar-refractivity contribution in [2.45, 2.75) is 39.0 Å². The lowest BCUT2D eigenvalue weighted by atomic mass is 9.81. The van der Waals surface area contributed by atoms with Crippen LogP contribution in [0.4, 0.5) is 0 Å². The van der Waals surface area contributed by atoms with Crippen LogP contribution in [0.5, 0.6) is 0 Å². The van der Waals surface area contributed by atoms with E-state index >= 15 is 0 Å². The van der Waals surface area contributed by atoms with Gasteiger partial charge in [0.25, 0.3) is 0 Å². The third-order valence-electron chi connectivity index (χ3n) is 3.79. The zero-order valence-electron chi connectivity index (χ0n) is 13.3. The van der Waals surface area contributed by atoms with Crippen molar-refractivity contribution in [1.82, 2.24) is 10.4 Å². The fourth-order valence-corrected chi connectivity index (χ4v) is 2.21. The van der Waals surface area contributed by atoms with Gasteiger partial charge in [-0.2, -0.15) is 0 Å². The maximum absolute atomic E-state index is 12.0. The molecule has 1 heterocycles. The molecule has 0 radical (unpaired) electrons. The molecule has 0 spiro atoms. The molecular weight excluding hydrogens is 284 g/mol. The molecule has 3 amide bonds. The van der Waals surface area contributed by atoms with E-state index in [0.717, 1.165) is 11.1 Å². The Kier molecular flexibility index (Phi) is 5.82. The monoisotopic (exact) mass is 306 g/mol. The summed E-state index contributed by atoms with van der Waals surface area (Å²) in [7, 11) is 1.55. The number of likely N-dealkylation sites (tertiary alicyclic amines) is 1. The Labute approximate surface area is 130 Å². The number of aryl methyl sites for hydroxylation is 1. The minimum atomic E-state index is -0.681. The molecule has 1 aromatic carbocycles. The van der Waals surface area contributed by atoms with Crippen LogP contribution in [-0.4, -0.2) is 34.9 Å². The molecule has 6 nitrogen and oxygen atoms in total. The molecule has 6 heteroatoms. The van der Waals surface area contributed by atoms with Gasteiger partial charge in [-0.25, -0.2) is 5.48 Å². The number of nitrogens with zero attached hydrogens (tertiary/aromatic N) is 1. The molecule has 2 rings (SSSR count). The largest absolute Gasteiger partial charge is 0.289 e. The Bertz CT molecular complexity index is 562. The lowest BCUT2D eigenvalue weighted by molar-refractivity contribution is -0.138. The van der Waals surface area contributed by atoms with E-state index in [1.807, 2.05) is 38.1 Å². The number of hydrogen-bond donors (Lipinski definition) is 2. The summed E-state index contributed by atoms with van der Waals surface area (Å²) in [6, 6.07) is 7.80. The van der Waals surface area contributed by atoms with Gasteiger partial charge in [-0.15, -0.1) is 0 Å². The van der Waals surface area contributed by atoms with Gasteiger partial charge in [-0.3, -0.25) is 24.5 Å². The highest BCUT2D eigenvalue weighted by molar-refractivity contribution is 6.08. The second-order valence-electron chi connectivity index (χ2n) is 5.52. The van der Waals surface area contributed by atoms with Crippen LogP contribution in [0.2, 0.25) is 0 Å². The topological polar surface area (TPSA) is 86.7 Å². The minimum absolute atomic E-state index is 0.104. The average molecular weight is 306 g/mol. The molecule has 0 aliphatic carbocycles. The fraction of sp³-hybridized carbons (Fsp3) is 0.438. The highest BCUT2D eigenvalue weighted by Crippen LogP contribution is 2.35. The van der Waals surface area contributed by atoms with Gasteiger partial charge in [-0.1, -0.05) is 36.8 Å². The molecule has 0 saturated carbocycles. The van der Waals surface area contributed by atoms with E-state index in [-0.39, 0.29) is 24.1 Å². The lowest BCUT2D eigenvalue weighted by Crippen LogP contribution is -2.34. The van der Waals surface area contributed by atoms with Crippen molar-refractivity contribution < 1.29 is 19.6 Å². The second-order valence-corrected chi connectivity index (χ2v) is 5.52. The van der Waals surface area contributed by atoms with E-state index < -0.39 is 5.41 Å². The molecule has 22 heavy (non-hydrogen) atoms. The van der Waals surface area contributed by atoms with Gasteiger partial charge < -0.3 is 0 Å². The molecule has 1 unspecified atom stereocenters. The van der Waals surface area contributed by atoms with Gasteiger partial charge in [-0.05, 0) is 19.4 Å². The molecule has 0 aromatic heterocycles. The summed E-state index contributed by atoms with van der Waals surface area (Å²) in [5, 5.41) is 7.74. The van der Waals surface area contributed by atoms with Crippen molar-refractivity contribution in [3.8, 4) is 0 Å². The van der Waals surface area contributed by atoms with Crippen molar-refractivity contribution in [3.05, 3.63) is 35.4 Å². The number of likely N-dealkylation sites (N-methyl/N-ethyl adjacent to an activating group) is 1. The van der Waals surface area contributed by atoms with Crippen LogP contribution >= 0.6 is 0 Å². The summed E-state index contributed by atoms with van der Waals surface area (Å²) in [4.78, 5) is 34.6. The number of hydroxylamine groups is 1. The molecule has 0 bridgehead atoms. The summed E-state index contributed by atoms with van der Waals surface area (Å²) >= 11 is 0. The van der Waals surface area contributed by atoms with Crippen molar-refractivity contribution in [2.24, 2.45) is 0 Å². The SMILES string of the molecule is CCC(=O)NO.Cc1ccc(C2(C)CC(=O)N(C)C2=O)cc1. The van der Waals surface area contributed by atoms with Crippen molar-refractivity contribution in [1.29, 1.82) is 0 Å². The highest BCUT2D eigenvalue weighted by Gasteiger charge is 2.47. The van der Waals surface area contributed by atoms with Crippen LogP contribution in [0.15, 0.2) is 24.3 Å². The predicted octanol–water partition coefficient (Wildman–Crippen LogP) is 1.54. The van der Waals surface area contributed by atoms with Crippen molar-refractivity contribution in [3.63, 3.8) is 0 Å². The van der Waals surface area contributed by atoms with Gasteiger partial charge in [0.15, 0.2) is 0 Å². The Morgan fingerprint density at radius 1 is 1.32 bits per heavy atom. The smallest absolute Gasteiger partial charge is 0.243 e. The van der Waals surface area contributed by atoms with Gasteiger partial charge in [0.1, 0.15) is 0 Å². The molecule has 1 fully saturated rings. The summed E-state index contributed by atoms with van der Waals surface area (Å²) in [6.07, 6.45) is 0.599. The normalized spacial score (nSPS) is 20.5. The molecular formula is C16H22N2O4. The van der Waals surface area contributed by atoms with E-state index in [2.05, 4.69) is 0 Å². The Hall–Kier alpha value is -2.21. The van der Waals surface area contributed by atoms with E-state index in [4.69, 9.17) is 5.21 Å². The van der Waals surface area contributed by atoms with Gasteiger partial charge in [0, 0.05) is 19.9 Å². The zero-order chi connectivity index (χ0) is 16.9. The van der Waals surface area contributed by atoms with E-state index in [1.165, 1.54) is 10.4 Å². The Morgan fingerprint density at radius 3 is 2.18 bits per heavy atom. The standard InChI is InChI=1S/C13H15NO2.C3H7NO2/c1-9-4-6-10(7-5-9)13(2)8-11(15)14(3)12(13)16;1-2-3(5)4-6/h4-7H,8H2,1-3H3;6H,2H2,1H3,(H,4,5). The number of carbonyl (C=O) groups is 3. The van der Waals surface area contributed by atoms with Crippen molar-refractivity contribution in [2.75, 3.05) is 7.05 Å². The zero-order valence-corrected chi connectivity index (χ0v) is 13.3. The number of imide groups is 1. The average Bonchev–Trinajstić information content (AvgIpc) is 2.72. The highest BCUT2D eigenvalue weighted by atomic mass is 16.5. The summed E-state index contributed by atoms with van der Waals surface area (Å²) < 4.78 is 0. The second kappa shape index (κ2) is 7.17. The fourth-order valence-electron chi connectivity index (χ4n) is 2.21. The number of benzene rings is 1. The van der Waals surface area contributed by atoms with Crippen LogP contribution in [-0.2, 0) is 19.8 Å². The van der Waals surface area contributed by atoms with Crippen LogP contribution in [0.3, 0.4) is 0 Å². The van der Waals surface area contributed by atoms with Crippen LogP contribution in [0, 0.1) is 6.92 Å². The number of hydrogen-bond acceptors (Lipinski definition) is 4. The maximum Gasteiger partial charge on any atom is 0.243 e. The molecule has 1 aromatic rings. The Morgan fingerprint density at radius 2 is 1.86 bits per heavy atom. The maximum atomic E-state index is 12.0. The molecule has 2 N–H and O–H groups in total. The number of rotatable bonds is 2. The first kappa shape index (κ1) is 17.8. The quantitative estimate of drug-likeness (QED) is 0.493. The summed E-state index contributed by atoms with van der Waals surface area (Å²) in [5.41, 5.74) is 2.86. The summed E-state index contributed by atoms with van der Waals surface area (Å²) in [5.74, 6) is -0.565. The van der Waals surface area contributed by atoms with Crippen LogP contribution in [0.1, 0.15) is 37.8 Å². The lowest BCUT2D eigenvalue weighted by Gasteiger charge is -2.21. The van der Waals surface area contributed by atoms with Crippen LogP contribution < -0.4 is 5.48 Å². The Balaban J connectivity index is 0.000000346. The number of amides is 3. The number of nitrogens with one attached hydrogen (secondary N) is 1. The predicted molar refractivity (Wildman–Crippen MR) is 81.1 cm³/mol. The van der Waals surface area contributed by atoms with Gasteiger partial charge in [0.2, 0.25) is 17.7 Å². The van der Waals surface area contributed by atoms with E-state index in [9.17, 15) is 14.4 Å². The third kappa shape index (κ3) is 3.71. The first-order valence-corrected chi connectivity index (χ1v) is 7.07. The minimum Gasteiger partial charge on any atom is -0.289 e. The molecule has 1 atom stereocenters. The van der Waals surface area contributed by atoms with Crippen LogP contribution in [0.25, 0.3) is 0 Å². The van der Waals surface area contributed by atoms with Gasteiger partial charge in [0.05, 0.1) is 5.41 Å². The first-order chi connectivity index (χ1) is 10.3. The summed E-state index contributed by atoms with van der Waals surface area (Å²) in [6.45, 7) is 5.49. The molecule has 1 aliphatic rings. The number of carbonyl (C=O) groups excluding carboxylic acids is 3. The van der Waals surface area contributed by atoms with E-state index in [0.29, 0.717) is 6.42 Å².